The summed E-state index contributed by atoms with van der Waals surface area (Å²) >= 11 is 3.32. The topological polar surface area (TPSA) is 79.0 Å². The standard InChI is InChI=1S/C20H24BrN3O4S/c1-15(20(25)22-17-6-4-7-18(14-17)28-2)23-9-11-24(12-10-23)29(26,27)19-8-3-5-16(21)13-19/h3-8,13-15H,9-12H2,1-2H3,(H,22,25)/t15-/m0/s1. The van der Waals surface area contributed by atoms with E-state index in [1.807, 2.05) is 24.0 Å². The molecule has 3 rings (SSSR count). The first kappa shape index (κ1) is 21.8. The minimum absolute atomic E-state index is 0.137. The third kappa shape index (κ3) is 5.16. The van der Waals surface area contributed by atoms with Crippen molar-refractivity contribution in [2.24, 2.45) is 0 Å². The SMILES string of the molecule is COc1cccc(NC(=O)[C@H](C)N2CCN(S(=O)(=O)c3cccc(Br)c3)CC2)c1. The number of hydrogen-bond acceptors (Lipinski definition) is 5. The van der Waals surface area contributed by atoms with Gasteiger partial charge < -0.3 is 10.1 Å². The molecule has 9 heteroatoms. The average Bonchev–Trinajstić information content (AvgIpc) is 2.73. The second kappa shape index (κ2) is 9.25. The van der Waals surface area contributed by atoms with Crippen molar-refractivity contribution < 1.29 is 17.9 Å². The summed E-state index contributed by atoms with van der Waals surface area (Å²) in [6.07, 6.45) is 0. The van der Waals surface area contributed by atoms with Crippen molar-refractivity contribution >= 4 is 37.5 Å². The predicted molar refractivity (Wildman–Crippen MR) is 116 cm³/mol. The van der Waals surface area contributed by atoms with E-state index in [-0.39, 0.29) is 16.8 Å². The third-order valence-corrected chi connectivity index (χ3v) is 7.36. The van der Waals surface area contributed by atoms with Gasteiger partial charge in [0.05, 0.1) is 18.0 Å². The van der Waals surface area contributed by atoms with Gasteiger partial charge in [0.1, 0.15) is 5.75 Å². The summed E-state index contributed by atoms with van der Waals surface area (Å²) in [6, 6.07) is 13.5. The number of anilines is 1. The number of halogens is 1. The Labute approximate surface area is 179 Å². The number of rotatable bonds is 6. The normalized spacial score (nSPS) is 16.9. The van der Waals surface area contributed by atoms with Gasteiger partial charge in [-0.15, -0.1) is 0 Å². The fourth-order valence-electron chi connectivity index (χ4n) is 3.22. The number of nitrogens with zero attached hydrogens (tertiary/aromatic N) is 2. The van der Waals surface area contributed by atoms with Crippen LogP contribution in [0.3, 0.4) is 0 Å². The lowest BCUT2D eigenvalue weighted by atomic mass is 10.2. The predicted octanol–water partition coefficient (Wildman–Crippen LogP) is 2.79. The molecular formula is C20H24BrN3O4S. The van der Waals surface area contributed by atoms with Crippen molar-refractivity contribution in [1.29, 1.82) is 0 Å². The Morgan fingerprint density at radius 2 is 1.79 bits per heavy atom. The zero-order valence-electron chi connectivity index (χ0n) is 16.3. The first-order valence-electron chi connectivity index (χ1n) is 9.26. The van der Waals surface area contributed by atoms with Crippen LogP contribution in [0.4, 0.5) is 5.69 Å². The van der Waals surface area contributed by atoms with E-state index >= 15 is 0 Å². The summed E-state index contributed by atoms with van der Waals surface area (Å²) in [5.74, 6) is 0.531. The van der Waals surface area contributed by atoms with Gasteiger partial charge in [-0.2, -0.15) is 4.31 Å². The van der Waals surface area contributed by atoms with Gasteiger partial charge in [0.15, 0.2) is 0 Å². The Kier molecular flexibility index (Phi) is 6.94. The van der Waals surface area contributed by atoms with Crippen LogP contribution in [0, 0.1) is 0 Å². The molecule has 0 saturated carbocycles. The maximum atomic E-state index is 12.8. The molecule has 156 valence electrons. The number of methoxy groups -OCH3 is 1. The molecule has 1 saturated heterocycles. The number of carbonyl (C=O) groups excluding carboxylic acids is 1. The Balaban J connectivity index is 1.60. The molecule has 1 amide bonds. The summed E-state index contributed by atoms with van der Waals surface area (Å²) in [5.41, 5.74) is 0.664. The van der Waals surface area contributed by atoms with Gasteiger partial charge in [0, 0.05) is 42.4 Å². The second-order valence-electron chi connectivity index (χ2n) is 6.79. The van der Waals surface area contributed by atoms with Gasteiger partial charge in [-0.1, -0.05) is 28.1 Å². The van der Waals surface area contributed by atoms with Crippen LogP contribution in [-0.4, -0.2) is 62.9 Å². The number of sulfonamides is 1. The molecule has 0 unspecified atom stereocenters. The number of hydrogen-bond donors (Lipinski definition) is 1. The maximum absolute atomic E-state index is 12.8. The lowest BCUT2D eigenvalue weighted by Gasteiger charge is -2.36. The van der Waals surface area contributed by atoms with Crippen molar-refractivity contribution in [3.8, 4) is 5.75 Å². The average molecular weight is 482 g/mol. The highest BCUT2D eigenvalue weighted by molar-refractivity contribution is 9.10. The lowest BCUT2D eigenvalue weighted by Crippen LogP contribution is -2.53. The maximum Gasteiger partial charge on any atom is 0.243 e. The molecule has 1 aliphatic rings. The van der Waals surface area contributed by atoms with Gasteiger partial charge in [-0.3, -0.25) is 9.69 Å². The lowest BCUT2D eigenvalue weighted by molar-refractivity contribution is -0.121. The molecule has 29 heavy (non-hydrogen) atoms. The summed E-state index contributed by atoms with van der Waals surface area (Å²) in [6.45, 7) is 3.48. The zero-order valence-corrected chi connectivity index (χ0v) is 18.7. The van der Waals surface area contributed by atoms with Crippen molar-refractivity contribution in [3.05, 3.63) is 53.0 Å². The first-order chi connectivity index (χ1) is 13.8. The molecule has 1 fully saturated rings. The van der Waals surface area contributed by atoms with Gasteiger partial charge in [-0.25, -0.2) is 8.42 Å². The molecule has 0 radical (unpaired) electrons. The van der Waals surface area contributed by atoms with E-state index in [1.165, 1.54) is 4.31 Å². The zero-order chi connectivity index (χ0) is 21.0. The van der Waals surface area contributed by atoms with Crippen LogP contribution in [0.5, 0.6) is 5.75 Å². The van der Waals surface area contributed by atoms with Gasteiger partial charge in [-0.05, 0) is 37.3 Å². The minimum atomic E-state index is -3.55. The minimum Gasteiger partial charge on any atom is -0.497 e. The van der Waals surface area contributed by atoms with Crippen molar-refractivity contribution in [2.45, 2.75) is 17.9 Å². The highest BCUT2D eigenvalue weighted by atomic mass is 79.9. The second-order valence-corrected chi connectivity index (χ2v) is 9.65. The van der Waals surface area contributed by atoms with Crippen LogP contribution in [-0.2, 0) is 14.8 Å². The van der Waals surface area contributed by atoms with Gasteiger partial charge >= 0.3 is 0 Å². The number of carbonyl (C=O) groups is 1. The van der Waals surface area contributed by atoms with E-state index in [9.17, 15) is 13.2 Å². The Bertz CT molecular complexity index is 975. The Morgan fingerprint density at radius 1 is 1.10 bits per heavy atom. The number of amides is 1. The van der Waals surface area contributed by atoms with Crippen molar-refractivity contribution in [3.63, 3.8) is 0 Å². The molecule has 0 bridgehead atoms. The fraction of sp³-hybridized carbons (Fsp3) is 0.350. The summed E-state index contributed by atoms with van der Waals surface area (Å²) in [7, 11) is -1.97. The molecule has 7 nitrogen and oxygen atoms in total. The van der Waals surface area contributed by atoms with E-state index in [1.54, 1.807) is 43.5 Å². The summed E-state index contributed by atoms with van der Waals surface area (Å²) in [5, 5.41) is 2.89. The largest absolute Gasteiger partial charge is 0.497 e. The monoisotopic (exact) mass is 481 g/mol. The van der Waals surface area contributed by atoms with Crippen LogP contribution in [0.2, 0.25) is 0 Å². The van der Waals surface area contributed by atoms with E-state index in [0.29, 0.717) is 37.6 Å². The van der Waals surface area contributed by atoms with Crippen LogP contribution in [0.15, 0.2) is 57.9 Å². The summed E-state index contributed by atoms with van der Waals surface area (Å²) < 4.78 is 33.1. The number of benzene rings is 2. The van der Waals surface area contributed by atoms with Crippen LogP contribution in [0.1, 0.15) is 6.92 Å². The van der Waals surface area contributed by atoms with E-state index < -0.39 is 10.0 Å². The molecular weight excluding hydrogens is 458 g/mol. The molecule has 1 atom stereocenters. The first-order valence-corrected chi connectivity index (χ1v) is 11.5. The molecule has 0 aromatic heterocycles. The molecule has 0 aliphatic carbocycles. The molecule has 1 N–H and O–H groups in total. The third-order valence-electron chi connectivity index (χ3n) is 4.97. The quantitative estimate of drug-likeness (QED) is 0.685. The van der Waals surface area contributed by atoms with E-state index in [2.05, 4.69) is 21.2 Å². The summed E-state index contributed by atoms with van der Waals surface area (Å²) in [4.78, 5) is 14.9. The highest BCUT2D eigenvalue weighted by Crippen LogP contribution is 2.22. The number of nitrogens with one attached hydrogen (secondary N) is 1. The van der Waals surface area contributed by atoms with Gasteiger partial charge in [0.25, 0.3) is 0 Å². The van der Waals surface area contributed by atoms with Crippen LogP contribution >= 0.6 is 15.9 Å². The van der Waals surface area contributed by atoms with Gasteiger partial charge in [0.2, 0.25) is 15.9 Å². The van der Waals surface area contributed by atoms with Crippen LogP contribution < -0.4 is 10.1 Å². The van der Waals surface area contributed by atoms with E-state index in [4.69, 9.17) is 4.74 Å². The van der Waals surface area contributed by atoms with Crippen molar-refractivity contribution in [1.82, 2.24) is 9.21 Å². The van der Waals surface area contributed by atoms with Crippen LogP contribution in [0.25, 0.3) is 0 Å². The van der Waals surface area contributed by atoms with Crippen molar-refractivity contribution in [2.75, 3.05) is 38.6 Å². The molecule has 0 spiro atoms. The molecule has 1 aliphatic heterocycles. The molecule has 2 aromatic carbocycles. The number of piperazine rings is 1. The number of ether oxygens (including phenoxy) is 1. The molecule has 2 aromatic rings. The smallest absolute Gasteiger partial charge is 0.243 e. The Hall–Kier alpha value is -1.94. The fourth-order valence-corrected chi connectivity index (χ4v) is 5.24. The van der Waals surface area contributed by atoms with E-state index in [0.717, 1.165) is 4.47 Å². The molecule has 1 heterocycles. The Morgan fingerprint density at radius 3 is 2.45 bits per heavy atom. The highest BCUT2D eigenvalue weighted by Gasteiger charge is 2.31.